The molecule has 5 rings (SSSR count). The van der Waals surface area contributed by atoms with Crippen LogP contribution in [0.15, 0.2) is 45.7 Å². The molecule has 1 aromatic carbocycles. The lowest BCUT2D eigenvalue weighted by Crippen LogP contribution is -2.04. The molecular formula is C19H17N3O2S. The molecule has 25 heavy (non-hydrogen) atoms. The summed E-state index contributed by atoms with van der Waals surface area (Å²) in [6.45, 7) is 0. The van der Waals surface area contributed by atoms with Crippen LogP contribution in [0, 0.1) is 0 Å². The number of fused-ring (bicyclic) bond motifs is 2. The van der Waals surface area contributed by atoms with E-state index in [2.05, 4.69) is 4.98 Å². The minimum atomic E-state index is -0.364. The number of benzene rings is 1. The van der Waals surface area contributed by atoms with Crippen LogP contribution in [0.3, 0.4) is 0 Å². The van der Waals surface area contributed by atoms with Crippen LogP contribution >= 0.6 is 11.3 Å². The van der Waals surface area contributed by atoms with Gasteiger partial charge in [0, 0.05) is 11.3 Å². The zero-order valence-electron chi connectivity index (χ0n) is 13.6. The first-order valence-corrected chi connectivity index (χ1v) is 9.49. The second-order valence-corrected chi connectivity index (χ2v) is 7.60. The first kappa shape index (κ1) is 14.8. The van der Waals surface area contributed by atoms with Gasteiger partial charge in [-0.3, -0.25) is 0 Å². The lowest BCUT2D eigenvalue weighted by molar-refractivity contribution is 0.439. The largest absolute Gasteiger partial charge is 0.422 e. The van der Waals surface area contributed by atoms with Crippen LogP contribution in [-0.4, -0.2) is 14.6 Å². The van der Waals surface area contributed by atoms with Crippen molar-refractivity contribution in [3.63, 3.8) is 0 Å². The van der Waals surface area contributed by atoms with Crippen molar-refractivity contribution in [2.24, 2.45) is 0 Å². The molecular weight excluding hydrogens is 334 g/mol. The molecule has 0 N–H and O–H groups in total. The monoisotopic (exact) mass is 351 g/mol. The topological polar surface area (TPSA) is 60.4 Å². The van der Waals surface area contributed by atoms with Crippen LogP contribution in [0.25, 0.3) is 27.2 Å². The van der Waals surface area contributed by atoms with Crippen LogP contribution in [0.5, 0.6) is 0 Å². The Kier molecular flexibility index (Phi) is 3.45. The van der Waals surface area contributed by atoms with Gasteiger partial charge in [-0.05, 0) is 25.0 Å². The summed E-state index contributed by atoms with van der Waals surface area (Å²) in [7, 11) is 0. The van der Waals surface area contributed by atoms with E-state index < -0.39 is 0 Å². The van der Waals surface area contributed by atoms with Gasteiger partial charge in [-0.1, -0.05) is 48.8 Å². The third kappa shape index (κ3) is 2.57. The van der Waals surface area contributed by atoms with Crippen molar-refractivity contribution in [3.8, 4) is 11.3 Å². The molecule has 0 amide bonds. The van der Waals surface area contributed by atoms with Gasteiger partial charge >= 0.3 is 5.63 Å². The van der Waals surface area contributed by atoms with E-state index in [1.807, 2.05) is 30.5 Å². The van der Waals surface area contributed by atoms with Crippen molar-refractivity contribution in [3.05, 3.63) is 52.0 Å². The van der Waals surface area contributed by atoms with Gasteiger partial charge in [0.2, 0.25) is 4.96 Å². The summed E-state index contributed by atoms with van der Waals surface area (Å²) in [5, 5.41) is 6.77. The first-order chi connectivity index (χ1) is 12.3. The zero-order valence-corrected chi connectivity index (χ0v) is 14.5. The Bertz CT molecular complexity index is 1090. The highest BCUT2D eigenvalue weighted by atomic mass is 32.1. The molecule has 3 heterocycles. The standard InChI is InChI=1S/C19H17N3O2S/c23-18-14(10-13-8-4-5-9-16(13)24-18)15-11-22-19(20-15)25-17(21-22)12-6-2-1-3-7-12/h4-5,8-12H,1-3,6-7H2. The van der Waals surface area contributed by atoms with Crippen molar-refractivity contribution in [2.45, 2.75) is 38.0 Å². The second kappa shape index (κ2) is 5.81. The van der Waals surface area contributed by atoms with Crippen molar-refractivity contribution in [1.82, 2.24) is 14.6 Å². The maximum atomic E-state index is 12.3. The van der Waals surface area contributed by atoms with E-state index in [-0.39, 0.29) is 5.63 Å². The molecule has 1 aliphatic rings. The number of rotatable bonds is 2. The Balaban J connectivity index is 1.56. The van der Waals surface area contributed by atoms with E-state index in [1.165, 1.54) is 37.1 Å². The molecule has 0 radical (unpaired) electrons. The summed E-state index contributed by atoms with van der Waals surface area (Å²) in [6.07, 6.45) is 8.18. The highest BCUT2D eigenvalue weighted by Gasteiger charge is 2.21. The van der Waals surface area contributed by atoms with Gasteiger partial charge in [0.05, 0.1) is 17.5 Å². The number of aromatic nitrogens is 3. The molecule has 4 aromatic rings. The lowest BCUT2D eigenvalue weighted by Gasteiger charge is -2.18. The number of hydrogen-bond acceptors (Lipinski definition) is 5. The third-order valence-electron chi connectivity index (χ3n) is 4.93. The maximum Gasteiger partial charge on any atom is 0.345 e. The molecule has 0 spiro atoms. The van der Waals surface area contributed by atoms with Crippen LogP contribution < -0.4 is 5.63 Å². The Morgan fingerprint density at radius 2 is 2.00 bits per heavy atom. The molecule has 6 heteroatoms. The zero-order chi connectivity index (χ0) is 16.8. The minimum absolute atomic E-state index is 0.364. The average molecular weight is 351 g/mol. The Morgan fingerprint density at radius 1 is 1.16 bits per heavy atom. The van der Waals surface area contributed by atoms with E-state index >= 15 is 0 Å². The van der Waals surface area contributed by atoms with Gasteiger partial charge < -0.3 is 4.42 Å². The van der Waals surface area contributed by atoms with Crippen LogP contribution in [0.2, 0.25) is 0 Å². The molecule has 0 bridgehead atoms. The molecule has 126 valence electrons. The fraction of sp³-hybridized carbons (Fsp3) is 0.316. The predicted molar refractivity (Wildman–Crippen MR) is 98.2 cm³/mol. The van der Waals surface area contributed by atoms with Gasteiger partial charge in [-0.15, -0.1) is 0 Å². The second-order valence-electron chi connectivity index (χ2n) is 6.61. The van der Waals surface area contributed by atoms with E-state index in [0.717, 1.165) is 10.3 Å². The number of imidazole rings is 1. The maximum absolute atomic E-state index is 12.3. The summed E-state index contributed by atoms with van der Waals surface area (Å²) in [5.41, 5.74) is 1.33. The first-order valence-electron chi connectivity index (χ1n) is 8.67. The number of nitrogens with zero attached hydrogens (tertiary/aromatic N) is 3. The highest BCUT2D eigenvalue weighted by Crippen LogP contribution is 2.35. The quantitative estimate of drug-likeness (QED) is 0.495. The van der Waals surface area contributed by atoms with E-state index in [4.69, 9.17) is 9.52 Å². The van der Waals surface area contributed by atoms with E-state index in [9.17, 15) is 4.79 Å². The summed E-state index contributed by atoms with van der Waals surface area (Å²) in [4.78, 5) is 17.8. The Morgan fingerprint density at radius 3 is 2.84 bits per heavy atom. The molecule has 0 unspecified atom stereocenters. The molecule has 5 nitrogen and oxygen atoms in total. The SMILES string of the molecule is O=c1oc2ccccc2cc1-c1cn2nc(C3CCCCC3)sc2n1. The molecule has 0 atom stereocenters. The average Bonchev–Trinajstić information content (AvgIpc) is 3.21. The van der Waals surface area contributed by atoms with Crippen molar-refractivity contribution in [1.29, 1.82) is 0 Å². The van der Waals surface area contributed by atoms with E-state index in [0.29, 0.717) is 22.8 Å². The van der Waals surface area contributed by atoms with Gasteiger partial charge in [0.1, 0.15) is 10.6 Å². The number of hydrogen-bond donors (Lipinski definition) is 0. The van der Waals surface area contributed by atoms with Gasteiger partial charge in [0.25, 0.3) is 0 Å². The molecule has 1 saturated carbocycles. The molecule has 0 saturated heterocycles. The van der Waals surface area contributed by atoms with Crippen LogP contribution in [0.1, 0.15) is 43.0 Å². The lowest BCUT2D eigenvalue weighted by atomic mass is 9.90. The molecule has 0 aliphatic heterocycles. The summed E-state index contributed by atoms with van der Waals surface area (Å²) in [6, 6.07) is 9.35. The van der Waals surface area contributed by atoms with Gasteiger partial charge in [-0.2, -0.15) is 5.10 Å². The number of para-hydroxylation sites is 1. The van der Waals surface area contributed by atoms with Crippen molar-refractivity contribution >= 4 is 27.3 Å². The fourth-order valence-electron chi connectivity index (χ4n) is 3.60. The van der Waals surface area contributed by atoms with Crippen LogP contribution in [-0.2, 0) is 0 Å². The van der Waals surface area contributed by atoms with Crippen molar-refractivity contribution < 1.29 is 4.42 Å². The smallest absolute Gasteiger partial charge is 0.345 e. The Labute approximate surface area is 147 Å². The summed E-state index contributed by atoms with van der Waals surface area (Å²) >= 11 is 1.64. The normalized spacial score (nSPS) is 16.0. The molecule has 1 fully saturated rings. The highest BCUT2D eigenvalue weighted by molar-refractivity contribution is 7.16. The fourth-order valence-corrected chi connectivity index (χ4v) is 4.65. The predicted octanol–water partition coefficient (Wildman–Crippen LogP) is 4.61. The van der Waals surface area contributed by atoms with E-state index in [1.54, 1.807) is 21.9 Å². The summed E-state index contributed by atoms with van der Waals surface area (Å²) in [5.74, 6) is 0.564. The summed E-state index contributed by atoms with van der Waals surface area (Å²) < 4.78 is 7.22. The van der Waals surface area contributed by atoms with Gasteiger partial charge in [0.15, 0.2) is 0 Å². The van der Waals surface area contributed by atoms with Gasteiger partial charge in [-0.25, -0.2) is 14.3 Å². The molecule has 1 aliphatic carbocycles. The third-order valence-corrected chi connectivity index (χ3v) is 6.02. The molecule has 3 aromatic heterocycles. The minimum Gasteiger partial charge on any atom is -0.422 e. The van der Waals surface area contributed by atoms with Crippen LogP contribution in [0.4, 0.5) is 0 Å². The Hall–Kier alpha value is -2.47. The van der Waals surface area contributed by atoms with Crippen molar-refractivity contribution in [2.75, 3.05) is 0 Å².